The van der Waals surface area contributed by atoms with Crippen LogP contribution in [0.2, 0.25) is 0 Å². The van der Waals surface area contributed by atoms with Crippen molar-refractivity contribution in [1.82, 2.24) is 10.2 Å². The number of amides is 2. The molecule has 1 atom stereocenters. The predicted molar refractivity (Wildman–Crippen MR) is 99.1 cm³/mol. The third-order valence-electron chi connectivity index (χ3n) is 4.39. The molecule has 0 bridgehead atoms. The smallest absolute Gasteiger partial charge is 0.253 e. The number of hydrogen-bond acceptors (Lipinski definition) is 4. The van der Waals surface area contributed by atoms with Gasteiger partial charge in [0.05, 0.1) is 12.3 Å². The first-order valence-corrected chi connectivity index (χ1v) is 9.08. The van der Waals surface area contributed by atoms with Gasteiger partial charge in [-0.3, -0.25) is 9.59 Å². The van der Waals surface area contributed by atoms with E-state index in [1.54, 1.807) is 18.2 Å². The van der Waals surface area contributed by atoms with Crippen LogP contribution in [-0.2, 0) is 4.79 Å². The third-order valence-corrected chi connectivity index (χ3v) is 4.39. The maximum absolute atomic E-state index is 12.7. The number of carbonyl (C=O) groups excluding carboxylic acids is 2. The summed E-state index contributed by atoms with van der Waals surface area (Å²) in [5.41, 5.74) is 1.14. The van der Waals surface area contributed by atoms with Crippen molar-refractivity contribution in [3.63, 3.8) is 0 Å². The first-order valence-electron chi connectivity index (χ1n) is 9.08. The monoisotopic (exact) mass is 347 g/mol. The van der Waals surface area contributed by atoms with Gasteiger partial charge in [-0.1, -0.05) is 6.92 Å². The van der Waals surface area contributed by atoms with Crippen LogP contribution in [0.5, 0.6) is 5.75 Å². The molecule has 2 N–H and O–H groups in total. The average Bonchev–Trinajstić information content (AvgIpc) is 2.63. The lowest BCUT2D eigenvalue weighted by atomic mass is 10.1. The number of nitrogens with zero attached hydrogens (tertiary/aromatic N) is 1. The summed E-state index contributed by atoms with van der Waals surface area (Å²) in [6.45, 7) is 6.42. The van der Waals surface area contributed by atoms with Crippen LogP contribution in [0.15, 0.2) is 18.2 Å². The van der Waals surface area contributed by atoms with E-state index in [0.717, 1.165) is 25.9 Å². The largest absolute Gasteiger partial charge is 0.492 e. The molecule has 0 aromatic heterocycles. The van der Waals surface area contributed by atoms with Crippen LogP contribution < -0.4 is 15.4 Å². The maximum atomic E-state index is 12.7. The van der Waals surface area contributed by atoms with Crippen molar-refractivity contribution in [2.75, 3.05) is 38.6 Å². The molecule has 0 saturated carbocycles. The summed E-state index contributed by atoms with van der Waals surface area (Å²) < 4.78 is 5.60. The second kappa shape index (κ2) is 9.42. The van der Waals surface area contributed by atoms with Gasteiger partial charge in [0.2, 0.25) is 5.91 Å². The van der Waals surface area contributed by atoms with Gasteiger partial charge in [0, 0.05) is 31.1 Å². The second-order valence-corrected chi connectivity index (χ2v) is 6.44. The Bertz CT molecular complexity index is 598. The van der Waals surface area contributed by atoms with Crippen LogP contribution in [0.4, 0.5) is 5.69 Å². The average molecular weight is 347 g/mol. The van der Waals surface area contributed by atoms with Crippen molar-refractivity contribution in [2.24, 2.45) is 5.92 Å². The topological polar surface area (TPSA) is 70.7 Å². The molecule has 2 amide bonds. The van der Waals surface area contributed by atoms with E-state index in [4.69, 9.17) is 4.74 Å². The van der Waals surface area contributed by atoms with E-state index in [-0.39, 0.29) is 17.7 Å². The van der Waals surface area contributed by atoms with Crippen LogP contribution in [0.25, 0.3) is 0 Å². The lowest BCUT2D eigenvalue weighted by Crippen LogP contribution is -2.35. The van der Waals surface area contributed by atoms with Gasteiger partial charge in [0.15, 0.2) is 0 Å². The maximum Gasteiger partial charge on any atom is 0.253 e. The van der Waals surface area contributed by atoms with E-state index in [2.05, 4.69) is 10.6 Å². The van der Waals surface area contributed by atoms with Gasteiger partial charge >= 0.3 is 0 Å². The number of carbonyl (C=O) groups is 2. The first kappa shape index (κ1) is 19.2. The van der Waals surface area contributed by atoms with E-state index in [1.165, 1.54) is 6.42 Å². The molecule has 1 unspecified atom stereocenters. The minimum atomic E-state index is -0.180. The molecule has 6 heteroatoms. The van der Waals surface area contributed by atoms with Gasteiger partial charge < -0.3 is 20.3 Å². The molecule has 1 aliphatic heterocycles. The molecular formula is C19H29N3O3. The van der Waals surface area contributed by atoms with Gasteiger partial charge in [-0.05, 0) is 51.4 Å². The van der Waals surface area contributed by atoms with Crippen molar-refractivity contribution in [3.8, 4) is 5.75 Å². The number of benzene rings is 1. The summed E-state index contributed by atoms with van der Waals surface area (Å²) >= 11 is 0. The molecule has 25 heavy (non-hydrogen) atoms. The molecule has 1 aromatic rings. The Balaban J connectivity index is 2.20. The lowest BCUT2D eigenvalue weighted by molar-refractivity contribution is -0.119. The fourth-order valence-electron chi connectivity index (χ4n) is 2.98. The van der Waals surface area contributed by atoms with Crippen LogP contribution in [0.3, 0.4) is 0 Å². The van der Waals surface area contributed by atoms with Crippen molar-refractivity contribution in [3.05, 3.63) is 23.8 Å². The molecule has 1 saturated heterocycles. The summed E-state index contributed by atoms with van der Waals surface area (Å²) in [6, 6.07) is 5.26. The molecule has 2 rings (SSSR count). The van der Waals surface area contributed by atoms with Gasteiger partial charge in [0.1, 0.15) is 5.75 Å². The number of likely N-dealkylation sites (tertiary alicyclic amines) is 1. The summed E-state index contributed by atoms with van der Waals surface area (Å²) in [6.07, 6.45) is 3.28. The zero-order chi connectivity index (χ0) is 18.2. The van der Waals surface area contributed by atoms with E-state index >= 15 is 0 Å². The Morgan fingerprint density at radius 3 is 2.60 bits per heavy atom. The van der Waals surface area contributed by atoms with Gasteiger partial charge in [0.25, 0.3) is 5.91 Å². The number of nitrogens with one attached hydrogen (secondary N) is 2. The zero-order valence-corrected chi connectivity index (χ0v) is 15.4. The van der Waals surface area contributed by atoms with Crippen LogP contribution in [0, 0.1) is 5.92 Å². The van der Waals surface area contributed by atoms with Crippen molar-refractivity contribution < 1.29 is 14.3 Å². The van der Waals surface area contributed by atoms with Gasteiger partial charge in [-0.2, -0.15) is 0 Å². The molecule has 1 aliphatic rings. The number of ether oxygens (including phenoxy) is 1. The predicted octanol–water partition coefficient (Wildman–Crippen LogP) is 2.51. The molecule has 0 radical (unpaired) electrons. The molecule has 1 heterocycles. The molecule has 0 aliphatic carbocycles. The number of hydrogen-bond donors (Lipinski definition) is 2. The van der Waals surface area contributed by atoms with Crippen LogP contribution in [-0.4, -0.2) is 50.0 Å². The number of piperidine rings is 1. The van der Waals surface area contributed by atoms with E-state index in [0.29, 0.717) is 30.2 Å². The Labute approximate surface area is 149 Å². The number of anilines is 1. The SMILES string of the molecule is CCOc1ccc(C(=O)N2CCCCC2)cc1NC(=O)C(C)CNC. The zero-order valence-electron chi connectivity index (χ0n) is 15.4. The van der Waals surface area contributed by atoms with Crippen LogP contribution >= 0.6 is 0 Å². The molecule has 138 valence electrons. The fraction of sp³-hybridized carbons (Fsp3) is 0.579. The second-order valence-electron chi connectivity index (χ2n) is 6.44. The van der Waals surface area contributed by atoms with Gasteiger partial charge in [-0.25, -0.2) is 0 Å². The highest BCUT2D eigenvalue weighted by molar-refractivity contribution is 5.99. The normalized spacial score (nSPS) is 15.6. The van der Waals surface area contributed by atoms with Crippen molar-refractivity contribution >= 4 is 17.5 Å². The highest BCUT2D eigenvalue weighted by Gasteiger charge is 2.21. The van der Waals surface area contributed by atoms with Crippen molar-refractivity contribution in [1.29, 1.82) is 0 Å². The third kappa shape index (κ3) is 5.19. The standard InChI is InChI=1S/C19H29N3O3/c1-4-25-17-9-8-15(19(24)22-10-6-5-7-11-22)12-16(17)21-18(23)14(2)13-20-3/h8-9,12,14,20H,4-7,10-11,13H2,1-3H3,(H,21,23). The Morgan fingerprint density at radius 1 is 1.24 bits per heavy atom. The Kier molecular flexibility index (Phi) is 7.25. The van der Waals surface area contributed by atoms with E-state index < -0.39 is 0 Å². The van der Waals surface area contributed by atoms with E-state index in [9.17, 15) is 9.59 Å². The Hall–Kier alpha value is -2.08. The minimum absolute atomic E-state index is 0.0153. The summed E-state index contributed by atoms with van der Waals surface area (Å²) in [4.78, 5) is 26.9. The lowest BCUT2D eigenvalue weighted by Gasteiger charge is -2.27. The van der Waals surface area contributed by atoms with Crippen molar-refractivity contribution in [2.45, 2.75) is 33.1 Å². The molecule has 6 nitrogen and oxygen atoms in total. The quantitative estimate of drug-likeness (QED) is 0.795. The molecule has 1 aromatic carbocycles. The first-order chi connectivity index (χ1) is 12.1. The molecule has 0 spiro atoms. The highest BCUT2D eigenvalue weighted by atomic mass is 16.5. The number of rotatable bonds is 7. The molecular weight excluding hydrogens is 318 g/mol. The fourth-order valence-corrected chi connectivity index (χ4v) is 2.98. The summed E-state index contributed by atoms with van der Waals surface area (Å²) in [5.74, 6) is 0.322. The summed E-state index contributed by atoms with van der Waals surface area (Å²) in [5, 5.41) is 5.90. The van der Waals surface area contributed by atoms with Crippen LogP contribution in [0.1, 0.15) is 43.5 Å². The highest BCUT2D eigenvalue weighted by Crippen LogP contribution is 2.27. The van der Waals surface area contributed by atoms with E-state index in [1.807, 2.05) is 25.8 Å². The Morgan fingerprint density at radius 2 is 1.96 bits per heavy atom. The molecule has 1 fully saturated rings. The summed E-state index contributed by atoms with van der Waals surface area (Å²) in [7, 11) is 1.81. The minimum Gasteiger partial charge on any atom is -0.492 e. The van der Waals surface area contributed by atoms with Gasteiger partial charge in [-0.15, -0.1) is 0 Å².